The Hall–Kier alpha value is -2.80. The Morgan fingerprint density at radius 1 is 0.765 bits per heavy atom. The van der Waals surface area contributed by atoms with Gasteiger partial charge in [0.1, 0.15) is 0 Å². The summed E-state index contributed by atoms with van der Waals surface area (Å²) in [6.45, 7) is 5.73. The SMILES string of the molecule is c1ccc(CN(Cc2ccccc2)Cc2noc(-c3ccc(CN4CCCCCC4)s3)n2)cc1. The van der Waals surface area contributed by atoms with Crippen LogP contribution in [0.25, 0.3) is 10.8 Å². The third kappa shape index (κ3) is 6.41. The van der Waals surface area contributed by atoms with Crippen LogP contribution in [0.15, 0.2) is 77.3 Å². The van der Waals surface area contributed by atoms with Crippen molar-refractivity contribution < 1.29 is 4.52 Å². The Labute approximate surface area is 206 Å². The third-order valence-electron chi connectivity index (χ3n) is 6.28. The number of aromatic nitrogens is 2. The van der Waals surface area contributed by atoms with Crippen molar-refractivity contribution >= 4 is 11.3 Å². The zero-order valence-corrected chi connectivity index (χ0v) is 20.4. The molecule has 34 heavy (non-hydrogen) atoms. The molecule has 1 fully saturated rings. The van der Waals surface area contributed by atoms with E-state index in [0.29, 0.717) is 12.4 Å². The monoisotopic (exact) mass is 472 g/mol. The van der Waals surface area contributed by atoms with Gasteiger partial charge in [-0.25, -0.2) is 0 Å². The minimum atomic E-state index is 0.626. The van der Waals surface area contributed by atoms with E-state index in [1.807, 2.05) is 0 Å². The van der Waals surface area contributed by atoms with Gasteiger partial charge in [-0.15, -0.1) is 11.3 Å². The van der Waals surface area contributed by atoms with E-state index in [1.54, 1.807) is 11.3 Å². The van der Waals surface area contributed by atoms with Crippen LogP contribution in [-0.4, -0.2) is 33.0 Å². The first-order valence-electron chi connectivity index (χ1n) is 12.3. The van der Waals surface area contributed by atoms with Crippen molar-refractivity contribution in [1.82, 2.24) is 19.9 Å². The van der Waals surface area contributed by atoms with Gasteiger partial charge >= 0.3 is 0 Å². The molecule has 0 N–H and O–H groups in total. The predicted molar refractivity (Wildman–Crippen MR) is 137 cm³/mol. The smallest absolute Gasteiger partial charge is 0.268 e. The van der Waals surface area contributed by atoms with Gasteiger partial charge < -0.3 is 4.52 Å². The van der Waals surface area contributed by atoms with Crippen LogP contribution in [0.4, 0.5) is 0 Å². The largest absolute Gasteiger partial charge is 0.333 e. The molecule has 176 valence electrons. The Morgan fingerprint density at radius 2 is 1.41 bits per heavy atom. The highest BCUT2D eigenvalue weighted by Gasteiger charge is 2.17. The highest BCUT2D eigenvalue weighted by molar-refractivity contribution is 7.15. The maximum Gasteiger partial charge on any atom is 0.268 e. The van der Waals surface area contributed by atoms with Crippen LogP contribution in [0.2, 0.25) is 0 Å². The molecule has 1 aliphatic heterocycles. The van der Waals surface area contributed by atoms with Crippen LogP contribution in [0.5, 0.6) is 0 Å². The topological polar surface area (TPSA) is 45.4 Å². The van der Waals surface area contributed by atoms with Crippen molar-refractivity contribution in [2.45, 2.75) is 51.9 Å². The normalized spacial score (nSPS) is 15.0. The van der Waals surface area contributed by atoms with Crippen LogP contribution in [0.1, 0.15) is 47.5 Å². The van der Waals surface area contributed by atoms with Crippen molar-refractivity contribution in [1.29, 1.82) is 0 Å². The molecule has 5 rings (SSSR count). The molecule has 1 saturated heterocycles. The van der Waals surface area contributed by atoms with Gasteiger partial charge in [0.25, 0.3) is 5.89 Å². The number of nitrogens with zero attached hydrogens (tertiary/aromatic N) is 4. The summed E-state index contributed by atoms with van der Waals surface area (Å²) in [4.78, 5) is 12.1. The molecule has 3 heterocycles. The first kappa shape index (κ1) is 23.0. The second-order valence-electron chi connectivity index (χ2n) is 9.09. The standard InChI is InChI=1S/C28H32N4OS/c1-2-10-18-31(17-9-1)21-25-15-16-26(34-25)28-29-27(30-33-28)22-32(19-23-11-5-3-6-12-23)20-24-13-7-4-8-14-24/h3-8,11-16H,1-2,9-10,17-22H2. The molecule has 0 saturated carbocycles. The van der Waals surface area contributed by atoms with Crippen LogP contribution in [0.3, 0.4) is 0 Å². The van der Waals surface area contributed by atoms with Gasteiger partial charge in [-0.1, -0.05) is 78.7 Å². The fourth-order valence-electron chi connectivity index (χ4n) is 4.56. The maximum atomic E-state index is 5.68. The average molecular weight is 473 g/mol. The lowest BCUT2D eigenvalue weighted by molar-refractivity contribution is 0.237. The van der Waals surface area contributed by atoms with Gasteiger partial charge in [0, 0.05) is 24.5 Å². The summed E-state index contributed by atoms with van der Waals surface area (Å²) in [5.41, 5.74) is 2.55. The van der Waals surface area contributed by atoms with Gasteiger partial charge in [0.2, 0.25) is 0 Å². The molecule has 2 aromatic heterocycles. The Morgan fingerprint density at radius 3 is 2.06 bits per heavy atom. The molecule has 0 bridgehead atoms. The predicted octanol–water partition coefficient (Wildman–Crippen LogP) is 6.38. The van der Waals surface area contributed by atoms with E-state index < -0.39 is 0 Å². The molecule has 5 nitrogen and oxygen atoms in total. The van der Waals surface area contributed by atoms with Crippen LogP contribution >= 0.6 is 11.3 Å². The minimum absolute atomic E-state index is 0.626. The first-order chi connectivity index (χ1) is 16.8. The van der Waals surface area contributed by atoms with E-state index in [0.717, 1.165) is 30.3 Å². The van der Waals surface area contributed by atoms with Gasteiger partial charge in [-0.05, 0) is 49.2 Å². The highest BCUT2D eigenvalue weighted by atomic mass is 32.1. The van der Waals surface area contributed by atoms with Gasteiger partial charge in [-0.3, -0.25) is 9.80 Å². The molecule has 0 spiro atoms. The van der Waals surface area contributed by atoms with Gasteiger partial charge in [0.05, 0.1) is 11.4 Å². The molecule has 0 aliphatic carbocycles. The summed E-state index contributed by atoms with van der Waals surface area (Å²) in [5.74, 6) is 1.35. The van der Waals surface area contributed by atoms with Crippen molar-refractivity contribution in [3.05, 3.63) is 94.6 Å². The molecule has 6 heteroatoms. The van der Waals surface area contributed by atoms with E-state index in [2.05, 4.69) is 87.8 Å². The summed E-state index contributed by atoms with van der Waals surface area (Å²) >= 11 is 1.77. The number of thiophene rings is 1. The van der Waals surface area contributed by atoms with E-state index >= 15 is 0 Å². The quantitative estimate of drug-likeness (QED) is 0.283. The Balaban J connectivity index is 1.26. The molecular weight excluding hydrogens is 440 g/mol. The maximum absolute atomic E-state index is 5.68. The molecule has 0 radical (unpaired) electrons. The number of hydrogen-bond acceptors (Lipinski definition) is 6. The zero-order chi connectivity index (χ0) is 23.0. The summed E-state index contributed by atoms with van der Waals surface area (Å²) in [6, 6.07) is 25.4. The molecule has 0 atom stereocenters. The van der Waals surface area contributed by atoms with E-state index in [4.69, 9.17) is 9.51 Å². The lowest BCUT2D eigenvalue weighted by atomic mass is 10.1. The third-order valence-corrected chi connectivity index (χ3v) is 7.34. The highest BCUT2D eigenvalue weighted by Crippen LogP contribution is 2.28. The fraction of sp³-hybridized carbons (Fsp3) is 0.357. The van der Waals surface area contributed by atoms with Crippen LogP contribution in [0, 0.1) is 0 Å². The average Bonchev–Trinajstić information content (AvgIpc) is 3.44. The molecule has 0 unspecified atom stereocenters. The summed E-state index contributed by atoms with van der Waals surface area (Å²) in [6.07, 6.45) is 5.35. The van der Waals surface area contributed by atoms with E-state index in [-0.39, 0.29) is 0 Å². The number of hydrogen-bond donors (Lipinski definition) is 0. The molecule has 4 aromatic rings. The number of rotatable bonds is 9. The molecule has 0 amide bonds. The molecule has 2 aromatic carbocycles. The lowest BCUT2D eigenvalue weighted by Crippen LogP contribution is -2.23. The van der Waals surface area contributed by atoms with Crippen LogP contribution < -0.4 is 0 Å². The zero-order valence-electron chi connectivity index (χ0n) is 19.6. The molecular formula is C28H32N4OS. The van der Waals surface area contributed by atoms with Gasteiger partial charge in [-0.2, -0.15) is 4.98 Å². The van der Waals surface area contributed by atoms with Crippen molar-refractivity contribution in [2.24, 2.45) is 0 Å². The summed E-state index contributed by atoms with van der Waals surface area (Å²) < 4.78 is 5.68. The number of likely N-dealkylation sites (tertiary alicyclic amines) is 1. The fourth-order valence-corrected chi connectivity index (χ4v) is 5.53. The first-order valence-corrected chi connectivity index (χ1v) is 13.1. The van der Waals surface area contributed by atoms with Crippen molar-refractivity contribution in [3.63, 3.8) is 0 Å². The summed E-state index contributed by atoms with van der Waals surface area (Å²) in [5, 5.41) is 4.32. The van der Waals surface area contributed by atoms with Gasteiger partial charge in [0.15, 0.2) is 5.82 Å². The Kier molecular flexibility index (Phi) is 7.81. The Bertz CT molecular complexity index is 1090. The second-order valence-corrected chi connectivity index (χ2v) is 10.3. The molecule has 1 aliphatic rings. The van der Waals surface area contributed by atoms with Crippen molar-refractivity contribution in [3.8, 4) is 10.8 Å². The minimum Gasteiger partial charge on any atom is -0.333 e. The van der Waals surface area contributed by atoms with E-state index in [1.165, 1.54) is 54.8 Å². The summed E-state index contributed by atoms with van der Waals surface area (Å²) in [7, 11) is 0. The van der Waals surface area contributed by atoms with Crippen molar-refractivity contribution in [2.75, 3.05) is 13.1 Å². The van der Waals surface area contributed by atoms with Crippen LogP contribution in [-0.2, 0) is 26.2 Å². The number of benzene rings is 2. The van der Waals surface area contributed by atoms with E-state index in [9.17, 15) is 0 Å². The second kappa shape index (κ2) is 11.6. The lowest BCUT2D eigenvalue weighted by Gasteiger charge is -2.21.